The molecule has 0 aliphatic heterocycles. The van der Waals surface area contributed by atoms with Crippen LogP contribution in [0.15, 0.2) is 18.1 Å². The van der Waals surface area contributed by atoms with Crippen molar-refractivity contribution in [3.63, 3.8) is 0 Å². The summed E-state index contributed by atoms with van der Waals surface area (Å²) in [6.45, 7) is 1.97. The molecule has 0 saturated carbocycles. The van der Waals surface area contributed by atoms with Gasteiger partial charge in [0, 0.05) is 0 Å². The molecule has 18 heavy (non-hydrogen) atoms. The number of thiophene rings is 1. The number of aromatic nitrogens is 1. The maximum Gasteiger partial charge on any atom is 0.362 e. The number of oxazole rings is 1. The van der Waals surface area contributed by atoms with Crippen LogP contribution in [-0.2, 0) is 4.74 Å². The van der Waals surface area contributed by atoms with Crippen LogP contribution in [0.5, 0.6) is 0 Å². The van der Waals surface area contributed by atoms with Crippen LogP contribution in [0.1, 0.15) is 17.4 Å². The number of esters is 1. The number of nitrogen functional groups attached to an aromatic ring is 1. The van der Waals surface area contributed by atoms with E-state index < -0.39 is 5.97 Å². The standard InChI is InChI=1S/C10H8Br2N2O3S/c1-2-16-10(15)6-8(13)17-9(14-6)4-3-5(11)18-7(4)12/h3H,2,13H2,1H3. The molecule has 0 atom stereocenters. The number of anilines is 1. The summed E-state index contributed by atoms with van der Waals surface area (Å²) in [6, 6.07) is 1.83. The predicted molar refractivity (Wildman–Crippen MR) is 75.6 cm³/mol. The van der Waals surface area contributed by atoms with Crippen LogP contribution in [0.2, 0.25) is 0 Å². The number of nitrogens with two attached hydrogens (primary N) is 1. The van der Waals surface area contributed by atoms with Gasteiger partial charge in [-0.05, 0) is 44.8 Å². The van der Waals surface area contributed by atoms with Gasteiger partial charge in [0.2, 0.25) is 17.5 Å². The molecule has 0 fully saturated rings. The second-order valence-electron chi connectivity index (χ2n) is 3.19. The molecule has 2 rings (SSSR count). The van der Waals surface area contributed by atoms with E-state index in [1.807, 2.05) is 6.07 Å². The van der Waals surface area contributed by atoms with E-state index in [0.29, 0.717) is 0 Å². The van der Waals surface area contributed by atoms with Crippen molar-refractivity contribution in [1.29, 1.82) is 0 Å². The maximum absolute atomic E-state index is 11.6. The molecule has 0 saturated heterocycles. The Hall–Kier alpha value is -0.860. The molecule has 2 aromatic rings. The smallest absolute Gasteiger partial charge is 0.362 e. The summed E-state index contributed by atoms with van der Waals surface area (Å²) in [6.07, 6.45) is 0. The van der Waals surface area contributed by atoms with Crippen LogP contribution in [0.25, 0.3) is 11.5 Å². The first kappa shape index (κ1) is 13.6. The predicted octanol–water partition coefficient (Wildman–Crippen LogP) is 3.69. The minimum absolute atomic E-state index is 0.000993. The lowest BCUT2D eigenvalue weighted by molar-refractivity contribution is 0.0521. The van der Waals surface area contributed by atoms with Crippen LogP contribution < -0.4 is 5.73 Å². The van der Waals surface area contributed by atoms with Gasteiger partial charge in [-0.1, -0.05) is 0 Å². The van der Waals surface area contributed by atoms with E-state index in [1.54, 1.807) is 6.92 Å². The number of hydrogen-bond donors (Lipinski definition) is 1. The van der Waals surface area contributed by atoms with Gasteiger partial charge >= 0.3 is 5.97 Å². The Balaban J connectivity index is 2.40. The lowest BCUT2D eigenvalue weighted by atomic mass is 10.3. The molecule has 2 N–H and O–H groups in total. The maximum atomic E-state index is 11.6. The van der Waals surface area contributed by atoms with Crippen molar-refractivity contribution in [3.8, 4) is 11.5 Å². The molecule has 0 spiro atoms. The molecule has 0 aliphatic rings. The van der Waals surface area contributed by atoms with Crippen molar-refractivity contribution < 1.29 is 13.9 Å². The Morgan fingerprint density at radius 3 is 2.89 bits per heavy atom. The Bertz CT molecular complexity index is 594. The van der Waals surface area contributed by atoms with E-state index in [0.717, 1.165) is 13.1 Å². The number of rotatable bonds is 3. The molecule has 2 heterocycles. The largest absolute Gasteiger partial charge is 0.461 e. The zero-order chi connectivity index (χ0) is 13.3. The monoisotopic (exact) mass is 394 g/mol. The number of hydrogen-bond acceptors (Lipinski definition) is 6. The quantitative estimate of drug-likeness (QED) is 0.801. The molecule has 96 valence electrons. The van der Waals surface area contributed by atoms with E-state index >= 15 is 0 Å². The van der Waals surface area contributed by atoms with Gasteiger partial charge in [-0.3, -0.25) is 0 Å². The van der Waals surface area contributed by atoms with Crippen molar-refractivity contribution in [3.05, 3.63) is 19.3 Å². The number of halogens is 2. The van der Waals surface area contributed by atoms with Crippen molar-refractivity contribution in [1.82, 2.24) is 4.98 Å². The van der Waals surface area contributed by atoms with Crippen molar-refractivity contribution in [2.45, 2.75) is 6.92 Å². The third kappa shape index (κ3) is 2.60. The number of nitrogens with zero attached hydrogens (tertiary/aromatic N) is 1. The Morgan fingerprint density at radius 2 is 2.33 bits per heavy atom. The Labute approximate surface area is 124 Å². The summed E-state index contributed by atoms with van der Waals surface area (Å²) in [5, 5.41) is 0. The van der Waals surface area contributed by atoms with Crippen LogP contribution in [0, 0.1) is 0 Å². The molecular formula is C10H8Br2N2O3S. The van der Waals surface area contributed by atoms with Gasteiger partial charge in [0.05, 0.1) is 19.7 Å². The lowest BCUT2D eigenvalue weighted by Gasteiger charge is -1.96. The van der Waals surface area contributed by atoms with Crippen molar-refractivity contribution in [2.75, 3.05) is 12.3 Å². The second-order valence-corrected chi connectivity index (χ2v) is 6.94. The molecule has 0 aromatic carbocycles. The van der Waals surface area contributed by atoms with Gasteiger partial charge in [0.15, 0.2) is 0 Å². The third-order valence-electron chi connectivity index (χ3n) is 2.01. The summed E-state index contributed by atoms with van der Waals surface area (Å²) in [4.78, 5) is 15.6. The fourth-order valence-electron chi connectivity index (χ4n) is 1.28. The molecule has 0 radical (unpaired) electrons. The van der Waals surface area contributed by atoms with Crippen LogP contribution in [0.3, 0.4) is 0 Å². The molecular weight excluding hydrogens is 388 g/mol. The van der Waals surface area contributed by atoms with Crippen molar-refractivity contribution in [2.24, 2.45) is 0 Å². The number of ether oxygens (including phenoxy) is 1. The molecule has 8 heteroatoms. The summed E-state index contributed by atoms with van der Waals surface area (Å²) in [7, 11) is 0. The number of carbonyl (C=O) groups is 1. The normalized spacial score (nSPS) is 10.6. The average molecular weight is 396 g/mol. The Kier molecular flexibility index (Phi) is 4.08. The van der Waals surface area contributed by atoms with Crippen LogP contribution in [0.4, 0.5) is 5.88 Å². The molecule has 5 nitrogen and oxygen atoms in total. The topological polar surface area (TPSA) is 78.3 Å². The first-order valence-electron chi connectivity index (χ1n) is 4.91. The average Bonchev–Trinajstić information content (AvgIpc) is 2.82. The summed E-state index contributed by atoms with van der Waals surface area (Å²) in [5.74, 6) is -0.350. The fourth-order valence-corrected chi connectivity index (χ4v) is 4.06. The molecule has 0 unspecified atom stereocenters. The van der Waals surface area contributed by atoms with Gasteiger partial charge in [0.1, 0.15) is 0 Å². The fraction of sp³-hybridized carbons (Fsp3) is 0.200. The molecule has 0 amide bonds. The van der Waals surface area contributed by atoms with Gasteiger partial charge in [-0.25, -0.2) is 4.79 Å². The third-order valence-corrected chi connectivity index (χ3v) is 4.35. The zero-order valence-electron chi connectivity index (χ0n) is 9.20. The van der Waals surface area contributed by atoms with E-state index in [-0.39, 0.29) is 24.1 Å². The highest BCUT2D eigenvalue weighted by molar-refractivity contribution is 9.12. The van der Waals surface area contributed by atoms with Gasteiger partial charge in [-0.2, -0.15) is 4.98 Å². The highest BCUT2D eigenvalue weighted by Gasteiger charge is 2.22. The van der Waals surface area contributed by atoms with E-state index in [1.165, 1.54) is 11.3 Å². The first-order valence-corrected chi connectivity index (χ1v) is 7.31. The summed E-state index contributed by atoms with van der Waals surface area (Å²) >= 11 is 8.22. The van der Waals surface area contributed by atoms with Crippen molar-refractivity contribution >= 4 is 55.1 Å². The van der Waals surface area contributed by atoms with Gasteiger partial charge in [-0.15, -0.1) is 11.3 Å². The summed E-state index contributed by atoms with van der Waals surface area (Å²) in [5.41, 5.74) is 6.34. The van der Waals surface area contributed by atoms with Gasteiger partial charge in [0.25, 0.3) is 0 Å². The van der Waals surface area contributed by atoms with E-state index in [2.05, 4.69) is 36.8 Å². The molecule has 0 aliphatic carbocycles. The van der Waals surface area contributed by atoms with E-state index in [4.69, 9.17) is 14.9 Å². The molecule has 0 bridgehead atoms. The first-order chi connectivity index (χ1) is 8.52. The second kappa shape index (κ2) is 5.41. The minimum atomic E-state index is -0.588. The summed E-state index contributed by atoms with van der Waals surface area (Å²) < 4.78 is 11.9. The Morgan fingerprint density at radius 1 is 1.61 bits per heavy atom. The highest BCUT2D eigenvalue weighted by atomic mass is 79.9. The highest BCUT2D eigenvalue weighted by Crippen LogP contribution is 2.39. The van der Waals surface area contributed by atoms with E-state index in [9.17, 15) is 4.79 Å². The molecule has 2 aromatic heterocycles. The van der Waals surface area contributed by atoms with Crippen LogP contribution in [-0.4, -0.2) is 17.6 Å². The minimum Gasteiger partial charge on any atom is -0.461 e. The zero-order valence-corrected chi connectivity index (χ0v) is 13.2. The SMILES string of the molecule is CCOC(=O)c1nc(-c2cc(Br)sc2Br)oc1N. The van der Waals surface area contributed by atoms with Gasteiger partial charge < -0.3 is 14.9 Å². The van der Waals surface area contributed by atoms with Crippen LogP contribution >= 0.6 is 43.2 Å². The lowest BCUT2D eigenvalue weighted by Crippen LogP contribution is -2.07. The number of carbonyl (C=O) groups excluding carboxylic acids is 1.